The van der Waals surface area contributed by atoms with Crippen LogP contribution in [-0.4, -0.2) is 26.0 Å². The first-order valence-electron chi connectivity index (χ1n) is 12.8. The van der Waals surface area contributed by atoms with E-state index >= 15 is 0 Å². The summed E-state index contributed by atoms with van der Waals surface area (Å²) in [6.07, 6.45) is 0. The SMILES string of the molecule is Cc1cc2nn(-c3cccc4ccccc34)nc2cc1NC(=S)NC(=O)c1ccc(OCc2ccccc2)cc1. The Kier molecular flexibility index (Phi) is 6.91. The second-order valence-corrected chi connectivity index (χ2v) is 9.76. The molecule has 196 valence electrons. The zero-order valence-electron chi connectivity index (χ0n) is 21.7. The molecule has 8 heteroatoms. The number of fused-ring (bicyclic) bond motifs is 2. The minimum atomic E-state index is -0.312. The van der Waals surface area contributed by atoms with Crippen LogP contribution in [0.3, 0.4) is 0 Å². The Morgan fingerprint density at radius 3 is 2.35 bits per heavy atom. The van der Waals surface area contributed by atoms with Crippen LogP contribution in [0.5, 0.6) is 5.75 Å². The minimum Gasteiger partial charge on any atom is -0.489 e. The third kappa shape index (κ3) is 5.39. The van der Waals surface area contributed by atoms with Crippen LogP contribution in [0.15, 0.2) is 109 Å². The quantitative estimate of drug-likeness (QED) is 0.231. The Balaban J connectivity index is 1.13. The van der Waals surface area contributed by atoms with Gasteiger partial charge < -0.3 is 10.1 Å². The molecule has 0 atom stereocenters. The number of hydrogen-bond donors (Lipinski definition) is 2. The van der Waals surface area contributed by atoms with Gasteiger partial charge >= 0.3 is 0 Å². The summed E-state index contributed by atoms with van der Waals surface area (Å²) in [4.78, 5) is 14.5. The highest BCUT2D eigenvalue weighted by Crippen LogP contribution is 2.25. The number of carbonyl (C=O) groups is 1. The van der Waals surface area contributed by atoms with Gasteiger partial charge in [0.1, 0.15) is 23.4 Å². The summed E-state index contributed by atoms with van der Waals surface area (Å²) >= 11 is 5.44. The smallest absolute Gasteiger partial charge is 0.257 e. The van der Waals surface area contributed by atoms with E-state index in [0.29, 0.717) is 23.4 Å². The lowest BCUT2D eigenvalue weighted by atomic mass is 10.1. The van der Waals surface area contributed by atoms with E-state index in [1.165, 1.54) is 0 Å². The van der Waals surface area contributed by atoms with Crippen molar-refractivity contribution in [2.24, 2.45) is 0 Å². The molecule has 0 saturated carbocycles. The molecule has 0 aliphatic heterocycles. The Morgan fingerprint density at radius 2 is 1.55 bits per heavy atom. The highest BCUT2D eigenvalue weighted by Gasteiger charge is 2.13. The van der Waals surface area contributed by atoms with Crippen molar-refractivity contribution in [3.8, 4) is 11.4 Å². The fourth-order valence-electron chi connectivity index (χ4n) is 4.47. The standard InChI is InChI=1S/C32H25N5O2S/c1-21-18-28-29(36-37(35-28)30-13-7-11-23-10-5-6-12-26(23)30)19-27(21)33-32(40)34-31(38)24-14-16-25(17-15-24)39-20-22-8-3-2-4-9-22/h2-19H,20H2,1H3,(H2,33,34,38,40). The van der Waals surface area contributed by atoms with E-state index in [1.807, 2.05) is 73.7 Å². The summed E-state index contributed by atoms with van der Waals surface area (Å²) in [5.41, 5.74) is 5.59. The van der Waals surface area contributed by atoms with E-state index in [0.717, 1.165) is 38.8 Å². The number of aromatic nitrogens is 3. The Morgan fingerprint density at radius 1 is 0.850 bits per heavy atom. The molecule has 1 amide bonds. The molecule has 6 aromatic rings. The summed E-state index contributed by atoms with van der Waals surface area (Å²) in [7, 11) is 0. The van der Waals surface area contributed by atoms with Gasteiger partial charge in [0.15, 0.2) is 5.11 Å². The van der Waals surface area contributed by atoms with Crippen LogP contribution < -0.4 is 15.4 Å². The minimum absolute atomic E-state index is 0.193. The van der Waals surface area contributed by atoms with Crippen molar-refractivity contribution in [2.75, 3.05) is 5.32 Å². The normalized spacial score (nSPS) is 10.9. The number of thiocarbonyl (C=S) groups is 1. The molecule has 0 saturated heterocycles. The topological polar surface area (TPSA) is 81.1 Å². The predicted octanol–water partition coefficient (Wildman–Crippen LogP) is 6.59. The number of hydrogen-bond acceptors (Lipinski definition) is 5. The maximum Gasteiger partial charge on any atom is 0.257 e. The van der Waals surface area contributed by atoms with Crippen molar-refractivity contribution in [3.05, 3.63) is 126 Å². The number of aryl methyl sites for hydroxylation is 1. The van der Waals surface area contributed by atoms with Crippen molar-refractivity contribution in [1.82, 2.24) is 20.3 Å². The maximum atomic E-state index is 12.8. The second kappa shape index (κ2) is 11.0. The first-order valence-corrected chi connectivity index (χ1v) is 13.2. The second-order valence-electron chi connectivity index (χ2n) is 9.35. The molecule has 1 heterocycles. The third-order valence-electron chi connectivity index (χ3n) is 6.55. The molecule has 0 unspecified atom stereocenters. The van der Waals surface area contributed by atoms with Crippen molar-refractivity contribution >= 4 is 50.7 Å². The molecular weight excluding hydrogens is 518 g/mol. The van der Waals surface area contributed by atoms with Crippen LogP contribution in [0.4, 0.5) is 5.69 Å². The number of ether oxygens (including phenoxy) is 1. The Bertz CT molecular complexity index is 1840. The lowest BCUT2D eigenvalue weighted by Gasteiger charge is -2.12. The van der Waals surface area contributed by atoms with E-state index in [2.05, 4.69) is 28.8 Å². The Labute approximate surface area is 236 Å². The van der Waals surface area contributed by atoms with E-state index in [-0.39, 0.29) is 11.0 Å². The van der Waals surface area contributed by atoms with Crippen molar-refractivity contribution in [1.29, 1.82) is 0 Å². The van der Waals surface area contributed by atoms with Crippen molar-refractivity contribution in [2.45, 2.75) is 13.5 Å². The zero-order valence-corrected chi connectivity index (χ0v) is 22.5. The summed E-state index contributed by atoms with van der Waals surface area (Å²) in [5, 5.41) is 17.7. The molecule has 0 spiro atoms. The summed E-state index contributed by atoms with van der Waals surface area (Å²) in [5.74, 6) is 0.370. The number of amides is 1. The third-order valence-corrected chi connectivity index (χ3v) is 6.75. The molecule has 7 nitrogen and oxygen atoms in total. The van der Waals surface area contributed by atoms with Gasteiger partial charge in [-0.2, -0.15) is 0 Å². The number of rotatable bonds is 6. The summed E-state index contributed by atoms with van der Waals surface area (Å²) in [6, 6.07) is 34.9. The first-order chi connectivity index (χ1) is 19.5. The van der Waals surface area contributed by atoms with Crippen LogP contribution in [0.1, 0.15) is 21.5 Å². The van der Waals surface area contributed by atoms with E-state index in [9.17, 15) is 4.79 Å². The average molecular weight is 544 g/mol. The number of nitrogens with zero attached hydrogens (tertiary/aromatic N) is 3. The average Bonchev–Trinajstić information content (AvgIpc) is 3.39. The number of carbonyl (C=O) groups excluding carboxylic acids is 1. The van der Waals surface area contributed by atoms with Crippen molar-refractivity contribution < 1.29 is 9.53 Å². The molecule has 0 bridgehead atoms. The fraction of sp³-hybridized carbons (Fsp3) is 0.0625. The predicted molar refractivity (Wildman–Crippen MR) is 162 cm³/mol. The van der Waals surface area contributed by atoms with E-state index < -0.39 is 0 Å². The van der Waals surface area contributed by atoms with E-state index in [4.69, 9.17) is 27.2 Å². The van der Waals surface area contributed by atoms with Crippen LogP contribution in [0.2, 0.25) is 0 Å². The monoisotopic (exact) mass is 543 g/mol. The van der Waals surface area contributed by atoms with Gasteiger partial charge in [0.25, 0.3) is 5.91 Å². The van der Waals surface area contributed by atoms with E-state index in [1.54, 1.807) is 29.1 Å². The molecular formula is C32H25N5O2S. The summed E-state index contributed by atoms with van der Waals surface area (Å²) < 4.78 is 5.80. The highest BCUT2D eigenvalue weighted by atomic mass is 32.1. The van der Waals surface area contributed by atoms with Gasteiger partial charge in [-0.25, -0.2) is 0 Å². The van der Waals surface area contributed by atoms with Crippen LogP contribution in [-0.2, 0) is 6.61 Å². The van der Waals surface area contributed by atoms with Gasteiger partial charge in [-0.15, -0.1) is 15.0 Å². The molecule has 40 heavy (non-hydrogen) atoms. The molecule has 2 N–H and O–H groups in total. The van der Waals surface area contributed by atoms with Gasteiger partial charge in [-0.05, 0) is 78.1 Å². The molecule has 0 radical (unpaired) electrons. The molecule has 5 aromatic carbocycles. The van der Waals surface area contributed by atoms with Gasteiger partial charge in [0, 0.05) is 16.6 Å². The lowest BCUT2D eigenvalue weighted by Crippen LogP contribution is -2.34. The molecule has 0 aliphatic rings. The number of anilines is 1. The zero-order chi connectivity index (χ0) is 27.5. The number of benzene rings is 5. The van der Waals surface area contributed by atoms with Crippen LogP contribution in [0, 0.1) is 6.92 Å². The van der Waals surface area contributed by atoms with Gasteiger partial charge in [-0.1, -0.05) is 66.7 Å². The maximum absolute atomic E-state index is 12.8. The van der Waals surface area contributed by atoms with Crippen molar-refractivity contribution in [3.63, 3.8) is 0 Å². The van der Waals surface area contributed by atoms with Gasteiger partial charge in [0.05, 0.1) is 5.69 Å². The Hall–Kier alpha value is -5.08. The lowest BCUT2D eigenvalue weighted by molar-refractivity contribution is 0.0977. The van der Waals surface area contributed by atoms with Crippen LogP contribution >= 0.6 is 12.2 Å². The van der Waals surface area contributed by atoms with Gasteiger partial charge in [-0.3, -0.25) is 10.1 Å². The van der Waals surface area contributed by atoms with Crippen LogP contribution in [0.25, 0.3) is 27.5 Å². The fourth-order valence-corrected chi connectivity index (χ4v) is 4.67. The summed E-state index contributed by atoms with van der Waals surface area (Å²) in [6.45, 7) is 2.41. The van der Waals surface area contributed by atoms with Gasteiger partial charge in [0.2, 0.25) is 0 Å². The molecule has 0 aliphatic carbocycles. The molecule has 6 rings (SSSR count). The highest BCUT2D eigenvalue weighted by molar-refractivity contribution is 7.80. The largest absolute Gasteiger partial charge is 0.489 e. The first kappa shape index (κ1) is 25.2. The molecule has 1 aromatic heterocycles. The molecule has 0 fully saturated rings. The number of nitrogens with one attached hydrogen (secondary N) is 2.